The largest absolute Gasteiger partial charge is 0.750 e. The van der Waals surface area contributed by atoms with Gasteiger partial charge < -0.3 is 4.55 Å². The molecule has 1 aromatic carbocycles. The van der Waals surface area contributed by atoms with Gasteiger partial charge in [0.2, 0.25) is 0 Å². The standard InChI is InChI=1S/C8H7FO4S/c9-8-3-6(4-10)1-2-7(8)5-13-14(11)12/h1-4H,5H2,(H,11,12)/p-1. The van der Waals surface area contributed by atoms with Crippen LogP contribution in [0.2, 0.25) is 0 Å². The van der Waals surface area contributed by atoms with Gasteiger partial charge in [-0.25, -0.2) is 8.60 Å². The molecule has 76 valence electrons. The SMILES string of the molecule is O=Cc1ccc(COS(=O)[O-])c(F)c1. The van der Waals surface area contributed by atoms with Gasteiger partial charge in [-0.2, -0.15) is 0 Å². The van der Waals surface area contributed by atoms with Crippen molar-refractivity contribution >= 4 is 17.6 Å². The van der Waals surface area contributed by atoms with Crippen molar-refractivity contribution in [3.63, 3.8) is 0 Å². The van der Waals surface area contributed by atoms with Gasteiger partial charge in [0, 0.05) is 11.1 Å². The van der Waals surface area contributed by atoms with Gasteiger partial charge >= 0.3 is 0 Å². The Labute approximate surface area is 82.2 Å². The maximum atomic E-state index is 13.0. The van der Waals surface area contributed by atoms with Gasteiger partial charge in [-0.1, -0.05) is 12.1 Å². The second kappa shape index (κ2) is 4.94. The second-order valence-electron chi connectivity index (χ2n) is 2.44. The lowest BCUT2D eigenvalue weighted by Crippen LogP contribution is -1.99. The minimum atomic E-state index is -2.67. The van der Waals surface area contributed by atoms with Crippen molar-refractivity contribution in [3.05, 3.63) is 35.1 Å². The van der Waals surface area contributed by atoms with Crippen LogP contribution >= 0.6 is 0 Å². The number of hydrogen-bond donors (Lipinski definition) is 0. The molecule has 0 aliphatic heterocycles. The lowest BCUT2D eigenvalue weighted by molar-refractivity contribution is 0.112. The highest BCUT2D eigenvalue weighted by Gasteiger charge is 2.03. The fourth-order valence-electron chi connectivity index (χ4n) is 0.866. The molecule has 1 rings (SSSR count). The highest BCUT2D eigenvalue weighted by Crippen LogP contribution is 2.10. The summed E-state index contributed by atoms with van der Waals surface area (Å²) in [6.45, 7) is -0.374. The van der Waals surface area contributed by atoms with Crippen molar-refractivity contribution in [3.8, 4) is 0 Å². The van der Waals surface area contributed by atoms with Crippen LogP contribution in [0.1, 0.15) is 15.9 Å². The third-order valence-electron chi connectivity index (χ3n) is 1.52. The summed E-state index contributed by atoms with van der Waals surface area (Å²) in [5.74, 6) is -0.667. The summed E-state index contributed by atoms with van der Waals surface area (Å²) in [7, 11) is 0. The second-order valence-corrected chi connectivity index (χ2v) is 3.08. The molecule has 1 unspecified atom stereocenters. The molecule has 1 aromatic rings. The molecule has 6 heteroatoms. The molecule has 0 saturated carbocycles. The van der Waals surface area contributed by atoms with E-state index in [4.69, 9.17) is 0 Å². The zero-order valence-electron chi connectivity index (χ0n) is 6.94. The van der Waals surface area contributed by atoms with E-state index in [1.165, 1.54) is 12.1 Å². The van der Waals surface area contributed by atoms with Crippen molar-refractivity contribution in [2.45, 2.75) is 6.61 Å². The van der Waals surface area contributed by atoms with Crippen LogP contribution in [0.25, 0.3) is 0 Å². The minimum Gasteiger partial charge on any atom is -0.750 e. The summed E-state index contributed by atoms with van der Waals surface area (Å²) in [4.78, 5) is 10.2. The smallest absolute Gasteiger partial charge is 0.150 e. The number of aldehydes is 1. The Kier molecular flexibility index (Phi) is 3.87. The van der Waals surface area contributed by atoms with E-state index in [-0.39, 0.29) is 17.7 Å². The molecule has 0 saturated heterocycles. The van der Waals surface area contributed by atoms with Crippen LogP contribution in [0.4, 0.5) is 4.39 Å². The Morgan fingerprint density at radius 3 is 2.79 bits per heavy atom. The number of benzene rings is 1. The van der Waals surface area contributed by atoms with E-state index >= 15 is 0 Å². The highest BCUT2D eigenvalue weighted by molar-refractivity contribution is 7.74. The molecule has 0 N–H and O–H groups in total. The molecule has 0 aromatic heterocycles. The molecular weight excluding hydrogens is 211 g/mol. The van der Waals surface area contributed by atoms with E-state index in [9.17, 15) is 17.9 Å². The van der Waals surface area contributed by atoms with Crippen molar-refractivity contribution in [2.75, 3.05) is 0 Å². The van der Waals surface area contributed by atoms with Crippen molar-refractivity contribution in [1.82, 2.24) is 0 Å². The van der Waals surface area contributed by atoms with Crippen LogP contribution in [0, 0.1) is 5.82 Å². The first-order valence-electron chi connectivity index (χ1n) is 3.59. The van der Waals surface area contributed by atoms with Gasteiger partial charge in [0.1, 0.15) is 12.1 Å². The monoisotopic (exact) mass is 217 g/mol. The summed E-state index contributed by atoms with van der Waals surface area (Å²) in [6, 6.07) is 3.69. The first kappa shape index (κ1) is 11.0. The van der Waals surface area contributed by atoms with E-state index in [1.54, 1.807) is 0 Å². The number of carbonyl (C=O) groups excluding carboxylic acids is 1. The van der Waals surface area contributed by atoms with Gasteiger partial charge in [0.05, 0.1) is 18.0 Å². The summed E-state index contributed by atoms with van der Waals surface area (Å²) in [5, 5.41) is 0. The molecule has 0 bridgehead atoms. The van der Waals surface area contributed by atoms with Crippen LogP contribution in [-0.4, -0.2) is 15.0 Å². The molecule has 0 radical (unpaired) electrons. The Bertz CT molecular complexity index is 366. The molecular formula is C8H6FO4S-. The molecule has 0 heterocycles. The number of hydrogen-bond acceptors (Lipinski definition) is 4. The maximum absolute atomic E-state index is 13.0. The van der Waals surface area contributed by atoms with Crippen molar-refractivity contribution in [2.24, 2.45) is 0 Å². The fraction of sp³-hybridized carbons (Fsp3) is 0.125. The zero-order chi connectivity index (χ0) is 10.6. The van der Waals surface area contributed by atoms with E-state index in [1.807, 2.05) is 0 Å². The van der Waals surface area contributed by atoms with Crippen LogP contribution < -0.4 is 0 Å². The lowest BCUT2D eigenvalue weighted by atomic mass is 10.1. The molecule has 4 nitrogen and oxygen atoms in total. The predicted octanol–water partition coefficient (Wildman–Crippen LogP) is 0.949. The highest BCUT2D eigenvalue weighted by atomic mass is 32.2. The molecule has 0 aliphatic carbocycles. The zero-order valence-corrected chi connectivity index (χ0v) is 7.75. The minimum absolute atomic E-state index is 0.0831. The molecule has 0 spiro atoms. The molecule has 0 amide bonds. The predicted molar refractivity (Wildman–Crippen MR) is 45.5 cm³/mol. The van der Waals surface area contributed by atoms with E-state index in [0.717, 1.165) is 6.07 Å². The Hall–Kier alpha value is -1.11. The number of rotatable bonds is 4. The quantitative estimate of drug-likeness (QED) is 0.556. The van der Waals surface area contributed by atoms with Gasteiger partial charge in [-0.3, -0.25) is 8.98 Å². The normalized spacial score (nSPS) is 12.4. The van der Waals surface area contributed by atoms with Crippen LogP contribution in [0.5, 0.6) is 0 Å². The molecule has 1 atom stereocenters. The first-order valence-corrected chi connectivity index (χ1v) is 4.59. The third kappa shape index (κ3) is 2.99. The lowest BCUT2D eigenvalue weighted by Gasteiger charge is -2.06. The van der Waals surface area contributed by atoms with E-state index in [2.05, 4.69) is 4.18 Å². The van der Waals surface area contributed by atoms with Crippen LogP contribution in [0.3, 0.4) is 0 Å². The molecule has 0 aliphatic rings. The summed E-state index contributed by atoms with van der Waals surface area (Å²) in [5.41, 5.74) is 0.272. The van der Waals surface area contributed by atoms with Crippen molar-refractivity contribution < 1.29 is 22.1 Å². The summed E-state index contributed by atoms with van der Waals surface area (Å²) < 4.78 is 37.2. The average Bonchev–Trinajstić information content (AvgIpc) is 2.15. The molecule has 0 fully saturated rings. The van der Waals surface area contributed by atoms with Crippen molar-refractivity contribution in [1.29, 1.82) is 0 Å². The topological polar surface area (TPSA) is 66.4 Å². The Balaban J connectivity index is 2.78. The van der Waals surface area contributed by atoms with E-state index in [0.29, 0.717) is 6.29 Å². The third-order valence-corrected chi connectivity index (χ3v) is 1.83. The van der Waals surface area contributed by atoms with Gasteiger partial charge in [0.25, 0.3) is 0 Å². The maximum Gasteiger partial charge on any atom is 0.150 e. The Morgan fingerprint density at radius 1 is 1.57 bits per heavy atom. The van der Waals surface area contributed by atoms with E-state index < -0.39 is 17.2 Å². The van der Waals surface area contributed by atoms with Crippen LogP contribution in [-0.2, 0) is 22.2 Å². The summed E-state index contributed by atoms with van der Waals surface area (Å²) in [6.07, 6.45) is 0.499. The fourth-order valence-corrected chi connectivity index (χ4v) is 1.09. The van der Waals surface area contributed by atoms with Crippen LogP contribution in [0.15, 0.2) is 18.2 Å². The number of halogens is 1. The summed E-state index contributed by atoms with van der Waals surface area (Å²) >= 11 is -2.67. The molecule has 14 heavy (non-hydrogen) atoms. The number of carbonyl (C=O) groups is 1. The Morgan fingerprint density at radius 2 is 2.29 bits per heavy atom. The van der Waals surface area contributed by atoms with Gasteiger partial charge in [0.15, 0.2) is 0 Å². The van der Waals surface area contributed by atoms with Gasteiger partial charge in [-0.15, -0.1) is 0 Å². The first-order chi connectivity index (χ1) is 6.63. The average molecular weight is 217 g/mol. The van der Waals surface area contributed by atoms with Gasteiger partial charge in [-0.05, 0) is 6.07 Å².